The van der Waals surface area contributed by atoms with Crippen molar-refractivity contribution < 1.29 is 4.74 Å². The molecule has 1 aliphatic rings. The number of hydrogen-bond acceptors (Lipinski definition) is 5. The van der Waals surface area contributed by atoms with Crippen molar-refractivity contribution in [3.05, 3.63) is 28.3 Å². The summed E-state index contributed by atoms with van der Waals surface area (Å²) in [7, 11) is 0. The van der Waals surface area contributed by atoms with Crippen molar-refractivity contribution in [3.8, 4) is 22.4 Å². The zero-order valence-corrected chi connectivity index (χ0v) is 12.3. The van der Waals surface area contributed by atoms with Gasteiger partial charge in [0.1, 0.15) is 16.8 Å². The third kappa shape index (κ3) is 1.93. The first-order chi connectivity index (χ1) is 9.61. The fraction of sp³-hybridized carbons (Fsp3) is 0.333. The highest BCUT2D eigenvalue weighted by Gasteiger charge is 2.25. The molecule has 102 valence electrons. The second-order valence-corrected chi connectivity index (χ2v) is 6.00. The molecule has 2 N–H and O–H groups in total. The summed E-state index contributed by atoms with van der Waals surface area (Å²) in [6, 6.07) is 3.99. The lowest BCUT2D eigenvalue weighted by molar-refractivity contribution is 0.358. The Kier molecular flexibility index (Phi) is 3.11. The lowest BCUT2D eigenvalue weighted by Gasteiger charge is -2.09. The average molecular weight is 285 g/mol. The molecule has 1 aliphatic heterocycles. The van der Waals surface area contributed by atoms with Crippen molar-refractivity contribution in [1.82, 2.24) is 4.98 Å². The second kappa shape index (κ2) is 4.80. The van der Waals surface area contributed by atoms with E-state index in [9.17, 15) is 5.26 Å². The van der Waals surface area contributed by atoms with Crippen LogP contribution in [0.25, 0.3) is 10.6 Å². The Labute approximate surface area is 121 Å². The number of fused-ring (bicyclic) bond motifs is 1. The van der Waals surface area contributed by atoms with E-state index in [4.69, 9.17) is 10.5 Å². The highest BCUT2D eigenvalue weighted by Crippen LogP contribution is 2.42. The summed E-state index contributed by atoms with van der Waals surface area (Å²) in [6.07, 6.45) is 0.735. The van der Waals surface area contributed by atoms with Gasteiger partial charge in [0.15, 0.2) is 0 Å². The SMILES string of the molecule is CC(C)c1csc(-c2cc(N)c(C#N)c3c2OCC3)n1. The van der Waals surface area contributed by atoms with E-state index in [0.717, 1.165) is 34.0 Å². The first kappa shape index (κ1) is 12.9. The van der Waals surface area contributed by atoms with Crippen LogP contribution in [0.2, 0.25) is 0 Å². The summed E-state index contributed by atoms with van der Waals surface area (Å²) in [4.78, 5) is 4.65. The number of nitriles is 1. The van der Waals surface area contributed by atoms with Gasteiger partial charge in [-0.05, 0) is 12.0 Å². The highest BCUT2D eigenvalue weighted by molar-refractivity contribution is 7.13. The number of nitrogens with two attached hydrogens (primary N) is 1. The van der Waals surface area contributed by atoms with E-state index in [-0.39, 0.29) is 0 Å². The minimum atomic E-state index is 0.393. The van der Waals surface area contributed by atoms with Crippen LogP contribution in [0.15, 0.2) is 11.4 Å². The summed E-state index contributed by atoms with van der Waals surface area (Å²) >= 11 is 1.59. The van der Waals surface area contributed by atoms with Gasteiger partial charge >= 0.3 is 0 Å². The monoisotopic (exact) mass is 285 g/mol. The predicted octanol–water partition coefficient (Wildman–Crippen LogP) is 3.32. The fourth-order valence-corrected chi connectivity index (χ4v) is 3.36. The minimum Gasteiger partial charge on any atom is -0.492 e. The zero-order chi connectivity index (χ0) is 14.3. The van der Waals surface area contributed by atoms with Crippen LogP contribution in [-0.4, -0.2) is 11.6 Å². The zero-order valence-electron chi connectivity index (χ0n) is 11.4. The number of nitrogen functional groups attached to an aromatic ring is 1. The molecule has 0 atom stereocenters. The van der Waals surface area contributed by atoms with Gasteiger partial charge in [-0.25, -0.2) is 4.98 Å². The number of ether oxygens (including phenoxy) is 1. The predicted molar refractivity (Wildman–Crippen MR) is 80.0 cm³/mol. The number of rotatable bonds is 2. The topological polar surface area (TPSA) is 71.9 Å². The number of nitrogens with zero attached hydrogens (tertiary/aromatic N) is 2. The lowest BCUT2D eigenvalue weighted by Crippen LogP contribution is -1.97. The number of thiazole rings is 1. The molecule has 1 aromatic carbocycles. The Morgan fingerprint density at radius 1 is 1.50 bits per heavy atom. The molecule has 0 amide bonds. The Balaban J connectivity index is 2.17. The third-order valence-electron chi connectivity index (χ3n) is 3.46. The Morgan fingerprint density at radius 3 is 2.95 bits per heavy atom. The van der Waals surface area contributed by atoms with Gasteiger partial charge in [-0.15, -0.1) is 11.3 Å². The van der Waals surface area contributed by atoms with Crippen LogP contribution in [0.1, 0.15) is 36.6 Å². The lowest BCUT2D eigenvalue weighted by atomic mass is 10.00. The number of benzene rings is 1. The highest BCUT2D eigenvalue weighted by atomic mass is 32.1. The Hall–Kier alpha value is -2.06. The van der Waals surface area contributed by atoms with E-state index in [1.165, 1.54) is 0 Å². The molecule has 5 heteroatoms. The van der Waals surface area contributed by atoms with Crippen molar-refractivity contribution in [3.63, 3.8) is 0 Å². The van der Waals surface area contributed by atoms with Gasteiger partial charge in [-0.3, -0.25) is 0 Å². The minimum absolute atomic E-state index is 0.393. The maximum Gasteiger partial charge on any atom is 0.134 e. The van der Waals surface area contributed by atoms with Gasteiger partial charge in [0.05, 0.1) is 29.1 Å². The van der Waals surface area contributed by atoms with Crippen molar-refractivity contribution in [2.24, 2.45) is 0 Å². The molecule has 2 heterocycles. The molecule has 3 rings (SSSR count). The molecule has 0 radical (unpaired) electrons. The molecule has 4 nitrogen and oxygen atoms in total. The number of anilines is 1. The molecular formula is C15H15N3OS. The number of hydrogen-bond donors (Lipinski definition) is 1. The van der Waals surface area contributed by atoms with E-state index < -0.39 is 0 Å². The normalized spacial score (nSPS) is 13.1. The first-order valence-corrected chi connectivity index (χ1v) is 7.43. The van der Waals surface area contributed by atoms with E-state index >= 15 is 0 Å². The van der Waals surface area contributed by atoms with Crippen LogP contribution in [-0.2, 0) is 6.42 Å². The van der Waals surface area contributed by atoms with Crippen LogP contribution in [0, 0.1) is 11.3 Å². The van der Waals surface area contributed by atoms with Gasteiger partial charge in [-0.2, -0.15) is 5.26 Å². The Morgan fingerprint density at radius 2 is 2.30 bits per heavy atom. The van der Waals surface area contributed by atoms with Crippen LogP contribution in [0.3, 0.4) is 0 Å². The molecular weight excluding hydrogens is 270 g/mol. The summed E-state index contributed by atoms with van der Waals surface area (Å²) in [5.41, 5.74) is 9.96. The van der Waals surface area contributed by atoms with Crippen LogP contribution >= 0.6 is 11.3 Å². The summed E-state index contributed by atoms with van der Waals surface area (Å²) in [6.45, 7) is 4.84. The molecule has 2 aromatic rings. The molecule has 0 spiro atoms. The number of aromatic nitrogens is 1. The van der Waals surface area contributed by atoms with Gasteiger partial charge in [0.25, 0.3) is 0 Å². The maximum absolute atomic E-state index is 9.22. The molecule has 0 bridgehead atoms. The van der Waals surface area contributed by atoms with E-state index in [1.807, 2.05) is 6.07 Å². The van der Waals surface area contributed by atoms with E-state index in [2.05, 4.69) is 30.3 Å². The van der Waals surface area contributed by atoms with Crippen molar-refractivity contribution in [2.45, 2.75) is 26.2 Å². The smallest absolute Gasteiger partial charge is 0.134 e. The van der Waals surface area contributed by atoms with Gasteiger partial charge in [0, 0.05) is 17.4 Å². The molecule has 0 fully saturated rings. The van der Waals surface area contributed by atoms with Gasteiger partial charge in [-0.1, -0.05) is 13.8 Å². The summed E-state index contributed by atoms with van der Waals surface area (Å²) in [5, 5.41) is 12.2. The van der Waals surface area contributed by atoms with E-state index in [0.29, 0.717) is 23.8 Å². The average Bonchev–Trinajstić information content (AvgIpc) is 3.06. The molecule has 1 aromatic heterocycles. The molecule has 0 saturated carbocycles. The molecule has 0 aliphatic carbocycles. The van der Waals surface area contributed by atoms with Crippen molar-refractivity contribution >= 4 is 17.0 Å². The quantitative estimate of drug-likeness (QED) is 0.859. The third-order valence-corrected chi connectivity index (χ3v) is 4.36. The molecule has 0 saturated heterocycles. The Bertz CT molecular complexity index is 713. The largest absolute Gasteiger partial charge is 0.492 e. The standard InChI is InChI=1S/C15H15N3OS/c1-8(2)13-7-20-15(18-13)10-5-12(17)11(6-16)9-3-4-19-14(9)10/h5,7-8H,3-4,17H2,1-2H3. The maximum atomic E-state index is 9.22. The van der Waals surface area contributed by atoms with E-state index in [1.54, 1.807) is 11.3 Å². The van der Waals surface area contributed by atoms with Crippen molar-refractivity contribution in [1.29, 1.82) is 5.26 Å². The molecule has 0 unspecified atom stereocenters. The molecule has 20 heavy (non-hydrogen) atoms. The van der Waals surface area contributed by atoms with Crippen LogP contribution in [0.4, 0.5) is 5.69 Å². The first-order valence-electron chi connectivity index (χ1n) is 6.56. The fourth-order valence-electron chi connectivity index (χ4n) is 2.37. The van der Waals surface area contributed by atoms with Gasteiger partial charge < -0.3 is 10.5 Å². The second-order valence-electron chi connectivity index (χ2n) is 5.14. The summed E-state index contributed by atoms with van der Waals surface area (Å²) in [5.74, 6) is 1.17. The summed E-state index contributed by atoms with van der Waals surface area (Å²) < 4.78 is 5.71. The van der Waals surface area contributed by atoms with Crippen LogP contribution < -0.4 is 10.5 Å². The van der Waals surface area contributed by atoms with Crippen LogP contribution in [0.5, 0.6) is 5.75 Å². The van der Waals surface area contributed by atoms with Gasteiger partial charge in [0.2, 0.25) is 0 Å². The van der Waals surface area contributed by atoms with Crippen molar-refractivity contribution in [2.75, 3.05) is 12.3 Å².